The minimum absolute atomic E-state index is 0.115. The van der Waals surface area contributed by atoms with Crippen molar-refractivity contribution in [1.29, 1.82) is 0 Å². The number of rotatable bonds is 30. The van der Waals surface area contributed by atoms with Crippen LogP contribution in [0.2, 0.25) is 0 Å². The number of amides is 6. The summed E-state index contributed by atoms with van der Waals surface area (Å²) < 4.78 is 24.7. The van der Waals surface area contributed by atoms with Crippen LogP contribution in [0.3, 0.4) is 0 Å². The van der Waals surface area contributed by atoms with Gasteiger partial charge in [0.2, 0.25) is 29.5 Å². The van der Waals surface area contributed by atoms with Crippen molar-refractivity contribution in [2.45, 2.75) is 141 Å². The van der Waals surface area contributed by atoms with E-state index in [1.165, 1.54) is 0 Å². The molecule has 3 unspecified atom stereocenters. The maximum absolute atomic E-state index is 14.3. The molecular formula is C74H92N16O11S. The summed E-state index contributed by atoms with van der Waals surface area (Å²) in [4.78, 5) is 99.7. The first kappa shape index (κ1) is 71.9. The highest BCUT2D eigenvalue weighted by Gasteiger charge is 2.52. The average molecular weight is 1410 g/mol. The predicted molar refractivity (Wildman–Crippen MR) is 386 cm³/mol. The quantitative estimate of drug-likeness (QED) is 0.0165. The number of benzene rings is 3. The number of nitrogens with zero attached hydrogens (tertiary/aromatic N) is 10. The summed E-state index contributed by atoms with van der Waals surface area (Å²) in [6.45, 7) is 17.4. The molecule has 27 nitrogen and oxygen atoms in total. The normalized spacial score (nSPS) is 19.7. The topological polar surface area (TPSA) is 344 Å². The molecule has 540 valence electrons. The van der Waals surface area contributed by atoms with Crippen LogP contribution in [0.1, 0.15) is 120 Å². The van der Waals surface area contributed by atoms with Crippen molar-refractivity contribution in [1.82, 2.24) is 56.0 Å². The Bertz CT molecular complexity index is 4080. The fraction of sp³-hybridized carbons (Fsp3) is 0.473. The largest absolute Gasteiger partial charge is 0.488 e. The molecule has 1 aliphatic carbocycles. The van der Waals surface area contributed by atoms with Gasteiger partial charge in [-0.25, -0.2) is 14.8 Å². The Labute approximate surface area is 597 Å². The maximum atomic E-state index is 14.3. The van der Waals surface area contributed by atoms with Crippen LogP contribution in [0.25, 0.3) is 21.7 Å². The number of hydrogen-bond donors (Lipinski definition) is 7. The first-order valence-electron chi connectivity index (χ1n) is 35.4. The highest BCUT2D eigenvalue weighted by atomic mass is 32.1. The van der Waals surface area contributed by atoms with E-state index in [0.29, 0.717) is 86.0 Å². The number of pyridine rings is 1. The fourth-order valence-electron chi connectivity index (χ4n) is 14.7. The Balaban J connectivity index is 0.577. The number of urea groups is 1. The summed E-state index contributed by atoms with van der Waals surface area (Å²) in [7, 11) is 0. The number of thiazole rings is 1. The number of carbonyl (C=O) groups excluding carboxylic acids is 5. The average Bonchev–Trinajstić information content (AvgIpc) is 1.42. The number of piperazine rings is 2. The predicted octanol–water partition coefficient (Wildman–Crippen LogP) is 8.18. The zero-order chi connectivity index (χ0) is 71.6. The van der Waals surface area contributed by atoms with Gasteiger partial charge in [-0.1, -0.05) is 68.8 Å². The molecule has 4 aliphatic heterocycles. The number of fused-ring (bicyclic) bond motifs is 2. The maximum Gasteiger partial charge on any atom is 0.319 e. The summed E-state index contributed by atoms with van der Waals surface area (Å²) >= 11 is 1.61. The zero-order valence-corrected chi connectivity index (χ0v) is 59.2. The number of nitrogens with two attached hydrogens (primary N) is 2. The van der Waals surface area contributed by atoms with Crippen molar-refractivity contribution in [2.24, 2.45) is 17.1 Å². The number of carbonyl (C=O) groups is 6. The molecule has 4 aromatic heterocycles. The van der Waals surface area contributed by atoms with Crippen molar-refractivity contribution in [2.75, 3.05) is 93.0 Å². The van der Waals surface area contributed by atoms with Gasteiger partial charge in [0.1, 0.15) is 49.0 Å². The molecule has 1 saturated carbocycles. The van der Waals surface area contributed by atoms with Gasteiger partial charge in [-0.05, 0) is 136 Å². The molecule has 5 fully saturated rings. The Morgan fingerprint density at radius 2 is 1.57 bits per heavy atom. The second-order valence-corrected chi connectivity index (χ2v) is 28.6. The molecule has 0 spiro atoms. The lowest BCUT2D eigenvalue weighted by Crippen LogP contribution is -2.55. The first-order valence-corrected chi connectivity index (χ1v) is 36.3. The molecule has 9 N–H and O–H groups in total. The van der Waals surface area contributed by atoms with Gasteiger partial charge in [-0.3, -0.25) is 33.8 Å². The molecule has 0 radical (unpaired) electrons. The molecule has 28 heteroatoms. The molecule has 7 aromatic rings. The van der Waals surface area contributed by atoms with Crippen LogP contribution in [0.5, 0.6) is 17.5 Å². The molecular weight excluding hydrogens is 1320 g/mol. The molecule has 102 heavy (non-hydrogen) atoms. The summed E-state index contributed by atoms with van der Waals surface area (Å²) in [5.74, 6) is -1.25. The second-order valence-electron chi connectivity index (χ2n) is 27.7. The standard InChI is InChI=1S/C74H92N16O11S/c1-45(2)65(70(93)89-30-9-13-59(89)69(92)80-47(4)50-17-19-51(20-18-50)66-48(5)79-44-102-66)62-39-64(85-101-62)99-35-33-86-31-32-87(46(3)40-86)34-36-98-63-37-53(25-29-77-63)90-54-23-24-55(90)42-88(41-54)60-38-58(83-84-67(60)75)56-11-6-7-14-61(56)100-43-49-15-21-52(22-16-49)81-68(91)57(12-8-28-78-73(76)97)82-71(94)74(72(95)96)26-10-27-74/h6-7,11,14-22,25,29,37-39,44-47,54-55,57,59,65H,8-10,12-13,23-24,26-28,30-36,40-43H2,1-5H3,(H2,75,84)(H,80,92)(H,81,91)(H,82,94)(H,95,96)(H3,76,78,97)/t46-,47+,54?,55?,57+,59+,65?/m1/s1. The Morgan fingerprint density at radius 1 is 0.814 bits per heavy atom. The molecule has 8 heterocycles. The van der Waals surface area contributed by atoms with Gasteiger partial charge in [0.05, 0.1) is 33.5 Å². The highest BCUT2D eigenvalue weighted by Crippen LogP contribution is 2.43. The Kier molecular flexibility index (Phi) is 22.8. The van der Waals surface area contributed by atoms with Gasteiger partial charge in [0.15, 0.2) is 11.6 Å². The molecule has 7 atom stereocenters. The number of primary amides is 1. The lowest BCUT2D eigenvalue weighted by atomic mass is 9.68. The van der Waals surface area contributed by atoms with Crippen LogP contribution in [0.4, 0.5) is 27.7 Å². The Morgan fingerprint density at radius 3 is 2.27 bits per heavy atom. The number of anilines is 4. The number of hydrogen-bond acceptors (Lipinski definition) is 21. The number of nitrogen functional groups attached to an aromatic ring is 1. The fourth-order valence-corrected chi connectivity index (χ4v) is 15.5. The summed E-state index contributed by atoms with van der Waals surface area (Å²) in [5.41, 5.74) is 19.7. The van der Waals surface area contributed by atoms with Gasteiger partial charge in [-0.15, -0.1) is 21.5 Å². The SMILES string of the molecule is Cc1ncsc1-c1ccc([C@H](C)NC(=O)[C@@H]2CCCN2C(=O)C(c2cc(OCCN3CCN(CCOc4cc(N5C6CCC5CN(c5cc(-c7ccccc7OCc7ccc(NC(=O)[C@H](CCCNC(N)=O)NC(=O)C8(C(=O)O)CCC8)cc7)nnc5N)C6)ccn4)[C@H](C)C3)no2)C(C)C)cc1. The van der Waals surface area contributed by atoms with Crippen LogP contribution in [0.15, 0.2) is 113 Å². The minimum atomic E-state index is -1.57. The van der Waals surface area contributed by atoms with Crippen molar-refractivity contribution >= 4 is 69.8 Å². The molecule has 12 rings (SSSR count). The van der Waals surface area contributed by atoms with E-state index >= 15 is 0 Å². The number of aromatic nitrogens is 5. The van der Waals surface area contributed by atoms with E-state index in [1.54, 1.807) is 34.4 Å². The third-order valence-electron chi connectivity index (χ3n) is 20.6. The van der Waals surface area contributed by atoms with Crippen LogP contribution >= 0.6 is 11.3 Å². The van der Waals surface area contributed by atoms with E-state index in [9.17, 15) is 33.9 Å². The number of aryl methyl sites for hydroxylation is 1. The molecule has 5 aliphatic rings. The number of ether oxygens (including phenoxy) is 3. The summed E-state index contributed by atoms with van der Waals surface area (Å²) in [6, 6.07) is 28.8. The van der Waals surface area contributed by atoms with Crippen LogP contribution < -0.4 is 56.7 Å². The van der Waals surface area contributed by atoms with Crippen molar-refractivity contribution in [3.05, 3.63) is 131 Å². The van der Waals surface area contributed by atoms with Crippen LogP contribution in [0, 0.1) is 18.3 Å². The van der Waals surface area contributed by atoms with Gasteiger partial charge in [0.25, 0.3) is 5.88 Å². The van der Waals surface area contributed by atoms with Crippen molar-refractivity contribution in [3.8, 4) is 39.2 Å². The van der Waals surface area contributed by atoms with Gasteiger partial charge in [0, 0.05) is 112 Å². The van der Waals surface area contributed by atoms with E-state index in [2.05, 4.69) is 97.4 Å². The molecule has 3 aromatic carbocycles. The minimum Gasteiger partial charge on any atom is -0.488 e. The number of para-hydroxylation sites is 1. The first-order chi connectivity index (χ1) is 49.3. The lowest BCUT2D eigenvalue weighted by molar-refractivity contribution is -0.162. The van der Waals surface area contributed by atoms with Crippen LogP contribution in [-0.4, -0.2) is 183 Å². The second kappa shape index (κ2) is 32.4. The number of nitrogens with one attached hydrogen (secondary N) is 4. The van der Waals surface area contributed by atoms with E-state index in [4.69, 9.17) is 30.2 Å². The van der Waals surface area contributed by atoms with Gasteiger partial charge in [-0.2, -0.15) is 0 Å². The zero-order valence-electron chi connectivity index (χ0n) is 58.4. The third-order valence-corrected chi connectivity index (χ3v) is 21.5. The number of carboxylic acids is 1. The number of aliphatic carboxylic acids is 1. The van der Waals surface area contributed by atoms with Crippen molar-refractivity contribution < 1.29 is 52.6 Å². The number of carboxylic acid groups (broad SMARTS) is 1. The molecule has 2 bridgehead atoms. The monoisotopic (exact) mass is 1410 g/mol. The van der Waals surface area contributed by atoms with E-state index in [0.717, 1.165) is 103 Å². The number of likely N-dealkylation sites (tertiary alicyclic amines) is 1. The summed E-state index contributed by atoms with van der Waals surface area (Å²) in [5, 5.41) is 34.2. The van der Waals surface area contributed by atoms with E-state index in [1.807, 2.05) is 94.0 Å². The lowest BCUT2D eigenvalue weighted by Gasteiger charge is -2.43. The summed E-state index contributed by atoms with van der Waals surface area (Å²) in [6.07, 6.45) is 6.58. The third kappa shape index (κ3) is 16.7. The van der Waals surface area contributed by atoms with E-state index < -0.39 is 47.2 Å². The molecule has 6 amide bonds. The highest BCUT2D eigenvalue weighted by molar-refractivity contribution is 7.13. The molecule has 4 saturated heterocycles. The van der Waals surface area contributed by atoms with Gasteiger partial charge >= 0.3 is 12.0 Å². The Hall–Kier alpha value is -9.93. The van der Waals surface area contributed by atoms with Gasteiger partial charge < -0.3 is 71.3 Å². The van der Waals surface area contributed by atoms with Crippen LogP contribution in [-0.2, 0) is 30.6 Å². The smallest absolute Gasteiger partial charge is 0.319 e. The van der Waals surface area contributed by atoms with Crippen molar-refractivity contribution in [3.63, 3.8) is 0 Å². The van der Waals surface area contributed by atoms with E-state index in [-0.39, 0.29) is 74.3 Å².